The zero-order chi connectivity index (χ0) is 13.2. The predicted molar refractivity (Wildman–Crippen MR) is 67.1 cm³/mol. The highest BCUT2D eigenvalue weighted by molar-refractivity contribution is 6.04. The van der Waals surface area contributed by atoms with Crippen LogP contribution in [-0.2, 0) is 16.1 Å². The number of benzene rings is 1. The third-order valence-electron chi connectivity index (χ3n) is 3.63. The Kier molecular flexibility index (Phi) is 3.48. The topological polar surface area (TPSA) is 57.6 Å². The van der Waals surface area contributed by atoms with Crippen LogP contribution in [-0.4, -0.2) is 34.8 Å². The van der Waals surface area contributed by atoms with E-state index in [1.54, 1.807) is 0 Å². The van der Waals surface area contributed by atoms with Gasteiger partial charge in [-0.2, -0.15) is 0 Å². The second-order valence-electron chi connectivity index (χ2n) is 5.01. The minimum atomic E-state index is -1.20. The Bertz CT molecular complexity index is 457. The molecule has 1 heterocycles. The molecule has 4 heteroatoms. The highest BCUT2D eigenvalue weighted by atomic mass is 16.4. The number of aliphatic carboxylic acids is 1. The molecule has 0 saturated carbocycles. The maximum atomic E-state index is 11.9. The monoisotopic (exact) mass is 247 g/mol. The molecular weight excluding hydrogens is 230 g/mol. The van der Waals surface area contributed by atoms with Crippen LogP contribution in [0.25, 0.3) is 0 Å². The number of carbonyl (C=O) groups is 2. The molecule has 1 unspecified atom stereocenters. The van der Waals surface area contributed by atoms with E-state index in [1.807, 2.05) is 35.2 Å². The van der Waals surface area contributed by atoms with Crippen LogP contribution < -0.4 is 0 Å². The molecule has 0 aromatic heterocycles. The van der Waals surface area contributed by atoms with E-state index in [1.165, 1.54) is 6.92 Å². The molecule has 0 bridgehead atoms. The van der Waals surface area contributed by atoms with Gasteiger partial charge in [0.25, 0.3) is 0 Å². The Morgan fingerprint density at radius 2 is 2.06 bits per heavy atom. The van der Waals surface area contributed by atoms with Crippen molar-refractivity contribution in [3.8, 4) is 0 Å². The van der Waals surface area contributed by atoms with Gasteiger partial charge in [0.2, 0.25) is 0 Å². The van der Waals surface area contributed by atoms with Crippen LogP contribution in [0.15, 0.2) is 30.3 Å². The van der Waals surface area contributed by atoms with E-state index in [4.69, 9.17) is 5.11 Å². The number of hydrogen-bond acceptors (Lipinski definition) is 3. The van der Waals surface area contributed by atoms with Crippen molar-refractivity contribution in [2.45, 2.75) is 19.9 Å². The van der Waals surface area contributed by atoms with Gasteiger partial charge < -0.3 is 5.11 Å². The van der Waals surface area contributed by atoms with E-state index in [0.29, 0.717) is 19.5 Å². The molecule has 96 valence electrons. The zero-order valence-corrected chi connectivity index (χ0v) is 10.4. The molecule has 1 atom stereocenters. The van der Waals surface area contributed by atoms with Crippen molar-refractivity contribution in [1.29, 1.82) is 0 Å². The Morgan fingerprint density at radius 3 is 2.61 bits per heavy atom. The first-order chi connectivity index (χ1) is 8.52. The first-order valence-electron chi connectivity index (χ1n) is 6.05. The molecule has 1 aromatic rings. The van der Waals surface area contributed by atoms with Crippen molar-refractivity contribution in [3.63, 3.8) is 0 Å². The minimum Gasteiger partial charge on any atom is -0.481 e. The number of carboxylic acids is 1. The average molecular weight is 247 g/mol. The molecule has 0 amide bonds. The molecule has 1 saturated heterocycles. The van der Waals surface area contributed by atoms with Gasteiger partial charge in [0, 0.05) is 13.1 Å². The number of likely N-dealkylation sites (tertiary alicyclic amines) is 1. The molecule has 1 aliphatic rings. The van der Waals surface area contributed by atoms with Crippen molar-refractivity contribution in [3.05, 3.63) is 35.9 Å². The maximum absolute atomic E-state index is 11.9. The molecule has 2 rings (SSSR count). The summed E-state index contributed by atoms with van der Waals surface area (Å²) in [4.78, 5) is 25.1. The van der Waals surface area contributed by atoms with E-state index in [-0.39, 0.29) is 12.3 Å². The molecule has 0 radical (unpaired) electrons. The summed E-state index contributed by atoms with van der Waals surface area (Å²) < 4.78 is 0. The molecule has 4 nitrogen and oxygen atoms in total. The molecule has 0 aliphatic carbocycles. The SMILES string of the molecule is CC1(C(=O)O)CCN(Cc2ccccc2)CC1=O. The quantitative estimate of drug-likeness (QED) is 0.823. The van der Waals surface area contributed by atoms with Gasteiger partial charge in [-0.25, -0.2) is 0 Å². The number of carboxylic acid groups (broad SMARTS) is 1. The Balaban J connectivity index is 2.01. The third kappa shape index (κ3) is 2.43. The molecule has 1 fully saturated rings. The number of ketones is 1. The lowest BCUT2D eigenvalue weighted by Crippen LogP contribution is -2.50. The van der Waals surface area contributed by atoms with Gasteiger partial charge in [0.15, 0.2) is 5.78 Å². The molecule has 1 aliphatic heterocycles. The number of piperidine rings is 1. The van der Waals surface area contributed by atoms with E-state index in [0.717, 1.165) is 5.56 Å². The third-order valence-corrected chi connectivity index (χ3v) is 3.63. The average Bonchev–Trinajstić information content (AvgIpc) is 2.35. The maximum Gasteiger partial charge on any atom is 0.317 e. The van der Waals surface area contributed by atoms with Gasteiger partial charge in [-0.15, -0.1) is 0 Å². The van der Waals surface area contributed by atoms with Crippen LogP contribution in [0, 0.1) is 5.41 Å². The lowest BCUT2D eigenvalue weighted by molar-refractivity contribution is -0.157. The van der Waals surface area contributed by atoms with E-state index in [2.05, 4.69) is 0 Å². The number of Topliss-reactive ketones (excluding diaryl/α,β-unsaturated/α-hetero) is 1. The van der Waals surface area contributed by atoms with Gasteiger partial charge in [-0.1, -0.05) is 30.3 Å². The van der Waals surface area contributed by atoms with Crippen molar-refractivity contribution >= 4 is 11.8 Å². The van der Waals surface area contributed by atoms with Crippen LogP contribution in [0.3, 0.4) is 0 Å². The minimum absolute atomic E-state index is 0.197. The first kappa shape index (κ1) is 12.8. The van der Waals surface area contributed by atoms with Crippen LogP contribution in [0.1, 0.15) is 18.9 Å². The Labute approximate surface area is 106 Å². The van der Waals surface area contributed by atoms with E-state index in [9.17, 15) is 9.59 Å². The Morgan fingerprint density at radius 1 is 1.39 bits per heavy atom. The zero-order valence-electron chi connectivity index (χ0n) is 10.4. The summed E-state index contributed by atoms with van der Waals surface area (Å²) in [6.07, 6.45) is 0.383. The summed E-state index contributed by atoms with van der Waals surface area (Å²) in [5.41, 5.74) is -0.0584. The van der Waals surface area contributed by atoms with Gasteiger partial charge in [-0.3, -0.25) is 14.5 Å². The fourth-order valence-electron chi connectivity index (χ4n) is 2.18. The van der Waals surface area contributed by atoms with Crippen LogP contribution >= 0.6 is 0 Å². The number of carbonyl (C=O) groups excluding carboxylic acids is 1. The summed E-state index contributed by atoms with van der Waals surface area (Å²) in [6.45, 7) is 3.08. The van der Waals surface area contributed by atoms with Crippen molar-refractivity contribution < 1.29 is 14.7 Å². The fourth-order valence-corrected chi connectivity index (χ4v) is 2.18. The summed E-state index contributed by atoms with van der Waals surface area (Å²) in [6, 6.07) is 9.89. The van der Waals surface area contributed by atoms with Crippen LogP contribution in [0.5, 0.6) is 0 Å². The summed E-state index contributed by atoms with van der Waals surface area (Å²) in [7, 11) is 0. The lowest BCUT2D eigenvalue weighted by Gasteiger charge is -2.35. The number of rotatable bonds is 3. The van der Waals surface area contributed by atoms with Crippen LogP contribution in [0.4, 0.5) is 0 Å². The van der Waals surface area contributed by atoms with Crippen molar-refractivity contribution in [1.82, 2.24) is 4.90 Å². The number of hydrogen-bond donors (Lipinski definition) is 1. The second kappa shape index (κ2) is 4.90. The summed E-state index contributed by atoms with van der Waals surface area (Å²) >= 11 is 0. The van der Waals surface area contributed by atoms with Gasteiger partial charge in [-0.05, 0) is 18.9 Å². The second-order valence-corrected chi connectivity index (χ2v) is 5.01. The van der Waals surface area contributed by atoms with Gasteiger partial charge >= 0.3 is 5.97 Å². The molecule has 1 N–H and O–H groups in total. The van der Waals surface area contributed by atoms with Crippen molar-refractivity contribution in [2.24, 2.45) is 5.41 Å². The van der Waals surface area contributed by atoms with E-state index < -0.39 is 11.4 Å². The Hall–Kier alpha value is -1.68. The predicted octanol–water partition coefficient (Wildman–Crippen LogP) is 1.55. The fraction of sp³-hybridized carbons (Fsp3) is 0.429. The highest BCUT2D eigenvalue weighted by Crippen LogP contribution is 2.28. The van der Waals surface area contributed by atoms with Crippen molar-refractivity contribution in [2.75, 3.05) is 13.1 Å². The molecule has 18 heavy (non-hydrogen) atoms. The summed E-state index contributed by atoms with van der Waals surface area (Å²) in [5.74, 6) is -1.20. The van der Waals surface area contributed by atoms with E-state index >= 15 is 0 Å². The normalized spacial score (nSPS) is 25.1. The van der Waals surface area contributed by atoms with Gasteiger partial charge in [0.05, 0.1) is 6.54 Å². The largest absolute Gasteiger partial charge is 0.481 e. The smallest absolute Gasteiger partial charge is 0.317 e. The lowest BCUT2D eigenvalue weighted by atomic mass is 9.79. The van der Waals surface area contributed by atoms with Gasteiger partial charge in [0.1, 0.15) is 5.41 Å². The number of nitrogens with zero attached hydrogens (tertiary/aromatic N) is 1. The van der Waals surface area contributed by atoms with Crippen LogP contribution in [0.2, 0.25) is 0 Å². The summed E-state index contributed by atoms with van der Waals surface area (Å²) in [5, 5.41) is 9.10. The molecule has 1 aromatic carbocycles. The molecular formula is C14H17NO3. The highest BCUT2D eigenvalue weighted by Gasteiger charge is 2.44. The molecule has 0 spiro atoms. The first-order valence-corrected chi connectivity index (χ1v) is 6.05. The standard InChI is InChI=1S/C14H17NO3/c1-14(13(17)18)7-8-15(10-12(14)16)9-11-5-3-2-4-6-11/h2-6H,7-10H2,1H3,(H,17,18).